The zero-order valence-corrected chi connectivity index (χ0v) is 19.2. The molecule has 0 spiro atoms. The van der Waals surface area contributed by atoms with Gasteiger partial charge in [0.15, 0.2) is 0 Å². The van der Waals surface area contributed by atoms with Crippen molar-refractivity contribution < 1.29 is 18.7 Å². The van der Waals surface area contributed by atoms with E-state index in [9.17, 15) is 14.0 Å². The second kappa shape index (κ2) is 11.6. The number of urea groups is 1. The first-order valence-electron chi connectivity index (χ1n) is 9.24. The van der Waals surface area contributed by atoms with E-state index < -0.39 is 11.7 Å². The van der Waals surface area contributed by atoms with Gasteiger partial charge in [-0.25, -0.2) is 9.18 Å². The monoisotopic (exact) mass is 551 g/mol. The van der Waals surface area contributed by atoms with E-state index in [2.05, 4.69) is 37.9 Å². The number of benzene rings is 3. The summed E-state index contributed by atoms with van der Waals surface area (Å²) in [5, 5.41) is 5.31. The highest BCUT2D eigenvalue weighted by Gasteiger charge is 2.11. The van der Waals surface area contributed by atoms with Crippen LogP contribution in [0.25, 0.3) is 0 Å². The predicted molar refractivity (Wildman–Crippen MR) is 130 cm³/mol. The van der Waals surface area contributed by atoms with Crippen LogP contribution in [0, 0.1) is 9.39 Å². The molecule has 0 aliphatic rings. The fraction of sp³-hybridized carbons (Fsp3) is 0.0909. The summed E-state index contributed by atoms with van der Waals surface area (Å²) < 4.78 is 23.1. The Hall–Kier alpha value is -2.79. The lowest BCUT2D eigenvalue weighted by molar-refractivity contribution is 0.102. The smallest absolute Gasteiger partial charge is 0.329 e. The van der Waals surface area contributed by atoms with Gasteiger partial charge in [-0.2, -0.15) is 0 Å². The number of nitrogens with one attached hydrogen (secondary N) is 3. The minimum atomic E-state index is -0.587. The van der Waals surface area contributed by atoms with Crippen molar-refractivity contribution in [2.24, 2.45) is 0 Å². The molecule has 6 nitrogen and oxygen atoms in total. The van der Waals surface area contributed by atoms with Crippen LogP contribution in [0.2, 0.25) is 0 Å². The molecule has 31 heavy (non-hydrogen) atoms. The lowest BCUT2D eigenvalue weighted by Crippen LogP contribution is -2.23. The van der Waals surface area contributed by atoms with Crippen LogP contribution < -0.4 is 20.1 Å². The lowest BCUT2D eigenvalue weighted by Gasteiger charge is -2.09. The molecule has 0 saturated carbocycles. The molecule has 3 rings (SSSR count). The van der Waals surface area contributed by atoms with Gasteiger partial charge in [0, 0.05) is 20.7 Å². The minimum Gasteiger partial charge on any atom is -0.493 e. The molecule has 0 aromatic heterocycles. The molecule has 160 valence electrons. The first-order valence-corrected chi connectivity index (χ1v) is 11.3. The normalized spacial score (nSPS) is 10.3. The highest BCUT2D eigenvalue weighted by Crippen LogP contribution is 2.16. The van der Waals surface area contributed by atoms with Gasteiger partial charge in [-0.3, -0.25) is 9.52 Å². The van der Waals surface area contributed by atoms with E-state index in [1.807, 2.05) is 24.3 Å². The van der Waals surface area contributed by atoms with Crippen LogP contribution in [-0.2, 0) is 0 Å². The van der Waals surface area contributed by atoms with E-state index in [1.54, 1.807) is 30.3 Å². The maximum atomic E-state index is 13.7. The molecule has 0 radical (unpaired) electrons. The molecule has 3 N–H and O–H groups in total. The first kappa shape index (κ1) is 22.9. The molecule has 9 heteroatoms. The molecule has 0 unspecified atom stereocenters. The molecular formula is C22H19FIN3O3S. The fourth-order valence-corrected chi connectivity index (χ4v) is 3.30. The van der Waals surface area contributed by atoms with Gasteiger partial charge in [0.25, 0.3) is 5.91 Å². The first-order chi connectivity index (χ1) is 15.0. The Morgan fingerprint density at radius 3 is 2.23 bits per heavy atom. The van der Waals surface area contributed by atoms with E-state index in [-0.39, 0.29) is 11.6 Å². The summed E-state index contributed by atoms with van der Waals surface area (Å²) >= 11 is 3.46. The summed E-state index contributed by atoms with van der Waals surface area (Å²) in [6.45, 7) is 0.460. The highest BCUT2D eigenvalue weighted by molar-refractivity contribution is 14.1. The van der Waals surface area contributed by atoms with Gasteiger partial charge in [-0.1, -0.05) is 12.1 Å². The number of hydrogen-bond donors (Lipinski definition) is 3. The maximum Gasteiger partial charge on any atom is 0.329 e. The highest BCUT2D eigenvalue weighted by atomic mass is 127. The summed E-state index contributed by atoms with van der Waals surface area (Å²) in [5.74, 6) is 0.241. The summed E-state index contributed by atoms with van der Waals surface area (Å²) in [4.78, 5) is 24.1. The van der Waals surface area contributed by atoms with E-state index in [0.717, 1.165) is 9.32 Å². The maximum absolute atomic E-state index is 13.7. The number of anilines is 2. The van der Waals surface area contributed by atoms with Gasteiger partial charge >= 0.3 is 6.03 Å². The Morgan fingerprint density at radius 1 is 0.903 bits per heavy atom. The zero-order valence-electron chi connectivity index (χ0n) is 16.2. The Morgan fingerprint density at radius 2 is 1.55 bits per heavy atom. The number of halogens is 2. The number of carbonyl (C=O) groups excluding carboxylic acids is 2. The number of amides is 3. The van der Waals surface area contributed by atoms with Crippen molar-refractivity contribution in [2.45, 2.75) is 0 Å². The number of carbonyl (C=O) groups is 2. The third-order valence-electron chi connectivity index (χ3n) is 3.95. The van der Waals surface area contributed by atoms with Gasteiger partial charge in [0.05, 0.1) is 12.2 Å². The van der Waals surface area contributed by atoms with Crippen molar-refractivity contribution in [1.29, 1.82) is 0 Å². The van der Waals surface area contributed by atoms with Crippen molar-refractivity contribution in [3.05, 3.63) is 87.7 Å². The molecule has 0 aliphatic carbocycles. The van der Waals surface area contributed by atoms with Gasteiger partial charge in [0.1, 0.15) is 11.6 Å². The van der Waals surface area contributed by atoms with Crippen LogP contribution in [0.3, 0.4) is 0 Å². The van der Waals surface area contributed by atoms with Crippen molar-refractivity contribution in [2.75, 3.05) is 23.0 Å². The van der Waals surface area contributed by atoms with Crippen LogP contribution in [0.15, 0.2) is 72.8 Å². The molecule has 0 aliphatic heterocycles. The average Bonchev–Trinajstić information content (AvgIpc) is 2.76. The van der Waals surface area contributed by atoms with E-state index in [1.165, 1.54) is 30.1 Å². The van der Waals surface area contributed by atoms with Crippen molar-refractivity contribution in [3.8, 4) is 5.75 Å². The standard InChI is InChI=1S/C22H19FIN3O3S/c23-20-4-2-1-3-19(20)21(28)25-16-7-9-17(10-8-16)26-22(29)27-31-14-13-30-18-11-5-15(24)6-12-18/h1-12H,13-14H2,(H,25,28)(H2,26,27,29). The van der Waals surface area contributed by atoms with Crippen LogP contribution in [-0.4, -0.2) is 24.3 Å². The zero-order chi connectivity index (χ0) is 22.1. The predicted octanol–water partition coefficient (Wildman–Crippen LogP) is 5.53. The van der Waals surface area contributed by atoms with Crippen molar-refractivity contribution in [1.82, 2.24) is 4.72 Å². The van der Waals surface area contributed by atoms with Gasteiger partial charge in [-0.05, 0) is 95.2 Å². The van der Waals surface area contributed by atoms with Gasteiger partial charge < -0.3 is 15.4 Å². The number of hydrogen-bond acceptors (Lipinski definition) is 4. The molecule has 0 heterocycles. The van der Waals surface area contributed by atoms with Crippen molar-refractivity contribution in [3.63, 3.8) is 0 Å². The molecule has 3 amide bonds. The Labute approximate surface area is 197 Å². The minimum absolute atomic E-state index is 0.0351. The average molecular weight is 551 g/mol. The summed E-state index contributed by atoms with van der Waals surface area (Å²) in [6, 6.07) is 19.6. The molecule has 0 atom stereocenters. The molecule has 0 saturated heterocycles. The third kappa shape index (κ3) is 7.44. The summed E-state index contributed by atoms with van der Waals surface area (Å²) in [6.07, 6.45) is 0. The van der Waals surface area contributed by atoms with Gasteiger partial charge in [-0.15, -0.1) is 0 Å². The van der Waals surface area contributed by atoms with Gasteiger partial charge in [0.2, 0.25) is 0 Å². The van der Waals surface area contributed by atoms with Crippen LogP contribution in [0.4, 0.5) is 20.6 Å². The number of rotatable bonds is 8. The molecular weight excluding hydrogens is 532 g/mol. The SMILES string of the molecule is O=C(NSCCOc1ccc(I)cc1)Nc1ccc(NC(=O)c2ccccc2F)cc1. The third-order valence-corrected chi connectivity index (χ3v) is 5.37. The molecule has 3 aromatic carbocycles. The second-order valence-electron chi connectivity index (χ2n) is 6.22. The lowest BCUT2D eigenvalue weighted by atomic mass is 10.2. The molecule has 0 bridgehead atoms. The Balaban J connectivity index is 1.38. The Kier molecular flexibility index (Phi) is 8.53. The Bertz CT molecular complexity index is 1030. The van der Waals surface area contributed by atoms with Crippen LogP contribution in [0.5, 0.6) is 5.75 Å². The van der Waals surface area contributed by atoms with Crippen LogP contribution in [0.1, 0.15) is 10.4 Å². The largest absolute Gasteiger partial charge is 0.493 e. The molecule has 0 fully saturated rings. The fourth-order valence-electron chi connectivity index (χ4n) is 2.49. The van der Waals surface area contributed by atoms with Crippen LogP contribution >= 0.6 is 34.5 Å². The quantitative estimate of drug-likeness (QED) is 0.196. The summed E-state index contributed by atoms with van der Waals surface area (Å²) in [7, 11) is 0. The topological polar surface area (TPSA) is 79.5 Å². The van der Waals surface area contributed by atoms with Crippen molar-refractivity contribution >= 4 is 57.9 Å². The second-order valence-corrected chi connectivity index (χ2v) is 8.37. The van der Waals surface area contributed by atoms with E-state index in [4.69, 9.17) is 4.74 Å². The van der Waals surface area contributed by atoms with E-state index >= 15 is 0 Å². The summed E-state index contributed by atoms with van der Waals surface area (Å²) in [5.41, 5.74) is 1.01. The number of ether oxygens (including phenoxy) is 1. The van der Waals surface area contributed by atoms with E-state index in [0.29, 0.717) is 23.7 Å². The molecule has 3 aromatic rings.